The van der Waals surface area contributed by atoms with Gasteiger partial charge in [0.2, 0.25) is 6.10 Å². The van der Waals surface area contributed by atoms with Crippen molar-refractivity contribution in [1.29, 1.82) is 0 Å². The summed E-state index contributed by atoms with van der Waals surface area (Å²) in [7, 11) is 0. The van der Waals surface area contributed by atoms with E-state index < -0.39 is 18.6 Å². The molecule has 0 radical (unpaired) electrons. The highest BCUT2D eigenvalue weighted by Gasteiger charge is 2.27. The van der Waals surface area contributed by atoms with Crippen LogP contribution < -0.4 is 19.6 Å². The third-order valence-electron chi connectivity index (χ3n) is 3.31. The predicted molar refractivity (Wildman–Crippen MR) is 85.2 cm³/mol. The highest BCUT2D eigenvalue weighted by molar-refractivity contribution is 5.86. The fraction of sp³-hybridized carbons (Fsp3) is 0.176. The molecule has 0 aromatic heterocycles. The number of carbonyl (C=O) groups excluding carboxylic acids is 1. The highest BCUT2D eigenvalue weighted by atomic mass is 19.3. The largest absolute Gasteiger partial charge is 0.485 e. The Labute approximate surface area is 142 Å². The maximum absolute atomic E-state index is 12.3. The number of rotatable bonds is 5. The van der Waals surface area contributed by atoms with Gasteiger partial charge < -0.3 is 14.2 Å². The number of alkyl halides is 2. The molecule has 2 aromatic carbocycles. The lowest BCUT2D eigenvalue weighted by atomic mass is 10.2. The van der Waals surface area contributed by atoms with Crippen molar-refractivity contribution in [1.82, 2.24) is 5.43 Å². The maximum atomic E-state index is 12.3. The topological polar surface area (TPSA) is 69.2 Å². The number of hydrogen-bond donors (Lipinski definition) is 1. The van der Waals surface area contributed by atoms with Crippen molar-refractivity contribution < 1.29 is 27.8 Å². The Balaban J connectivity index is 1.61. The fourth-order valence-corrected chi connectivity index (χ4v) is 2.18. The smallest absolute Gasteiger partial charge is 0.387 e. The van der Waals surface area contributed by atoms with Crippen LogP contribution in [0.1, 0.15) is 5.56 Å². The molecule has 1 N–H and O–H groups in total. The molecule has 0 aliphatic carbocycles. The summed E-state index contributed by atoms with van der Waals surface area (Å²) in [6.07, 6.45) is 0.354. The molecule has 0 bridgehead atoms. The van der Waals surface area contributed by atoms with Crippen molar-refractivity contribution in [2.75, 3.05) is 6.61 Å². The van der Waals surface area contributed by atoms with Crippen molar-refractivity contribution in [2.45, 2.75) is 12.7 Å². The SMILES string of the molecule is O=C(N/N=C/c1ccccc1OC(F)F)C1COc2ccccc2O1. The van der Waals surface area contributed by atoms with Crippen LogP contribution in [0.2, 0.25) is 0 Å². The molecule has 130 valence electrons. The van der Waals surface area contributed by atoms with E-state index in [9.17, 15) is 13.6 Å². The Hall–Kier alpha value is -3.16. The van der Waals surface area contributed by atoms with E-state index in [-0.39, 0.29) is 12.4 Å². The van der Waals surface area contributed by atoms with Crippen LogP contribution >= 0.6 is 0 Å². The molecule has 1 atom stereocenters. The van der Waals surface area contributed by atoms with Gasteiger partial charge in [0.1, 0.15) is 12.4 Å². The molecule has 0 fully saturated rings. The molecular weight excluding hydrogens is 334 g/mol. The summed E-state index contributed by atoms with van der Waals surface area (Å²) in [5.41, 5.74) is 2.59. The van der Waals surface area contributed by atoms with E-state index in [1.54, 1.807) is 36.4 Å². The second-order valence-corrected chi connectivity index (χ2v) is 5.01. The fourth-order valence-electron chi connectivity index (χ4n) is 2.18. The molecular formula is C17H14F2N2O4. The quantitative estimate of drug-likeness (QED) is 0.666. The maximum Gasteiger partial charge on any atom is 0.387 e. The first-order chi connectivity index (χ1) is 12.1. The number of nitrogens with one attached hydrogen (secondary N) is 1. The zero-order valence-corrected chi connectivity index (χ0v) is 12.9. The standard InChI is InChI=1S/C17H14F2N2O4/c18-17(19)25-12-6-2-1-5-11(12)9-20-21-16(22)15-10-23-13-7-3-4-8-14(13)24-15/h1-9,15,17H,10H2,(H,21,22)/b20-9+. The summed E-state index contributed by atoms with van der Waals surface area (Å²) in [6, 6.07) is 13.1. The minimum atomic E-state index is -2.95. The van der Waals surface area contributed by atoms with E-state index in [1.807, 2.05) is 0 Å². The lowest BCUT2D eigenvalue weighted by Gasteiger charge is -2.24. The summed E-state index contributed by atoms with van der Waals surface area (Å²) < 4.78 is 40.1. The van der Waals surface area contributed by atoms with Gasteiger partial charge in [-0.25, -0.2) is 5.43 Å². The second kappa shape index (κ2) is 7.61. The molecule has 25 heavy (non-hydrogen) atoms. The molecule has 0 saturated heterocycles. The molecule has 0 spiro atoms. The van der Waals surface area contributed by atoms with E-state index in [0.717, 1.165) is 0 Å². The van der Waals surface area contributed by atoms with Crippen molar-refractivity contribution in [3.8, 4) is 17.2 Å². The van der Waals surface area contributed by atoms with Crippen molar-refractivity contribution in [3.05, 3.63) is 54.1 Å². The van der Waals surface area contributed by atoms with E-state index in [1.165, 1.54) is 18.3 Å². The van der Waals surface area contributed by atoms with Gasteiger partial charge in [-0.15, -0.1) is 0 Å². The van der Waals surface area contributed by atoms with Gasteiger partial charge in [-0.1, -0.05) is 24.3 Å². The summed E-state index contributed by atoms with van der Waals surface area (Å²) in [5, 5.41) is 3.76. The van der Waals surface area contributed by atoms with Crippen LogP contribution in [0, 0.1) is 0 Å². The van der Waals surface area contributed by atoms with Crippen molar-refractivity contribution >= 4 is 12.1 Å². The molecule has 1 amide bonds. The Morgan fingerprint density at radius 1 is 1.20 bits per heavy atom. The van der Waals surface area contributed by atoms with Crippen LogP contribution in [0.3, 0.4) is 0 Å². The Morgan fingerprint density at radius 3 is 2.72 bits per heavy atom. The number of amides is 1. The lowest BCUT2D eigenvalue weighted by molar-refractivity contribution is -0.130. The van der Waals surface area contributed by atoms with E-state index >= 15 is 0 Å². The number of para-hydroxylation sites is 3. The third kappa shape index (κ3) is 4.23. The van der Waals surface area contributed by atoms with Crippen molar-refractivity contribution in [2.24, 2.45) is 5.10 Å². The second-order valence-electron chi connectivity index (χ2n) is 5.01. The zero-order chi connectivity index (χ0) is 17.6. The number of benzene rings is 2. The van der Waals surface area contributed by atoms with Gasteiger partial charge in [0, 0.05) is 5.56 Å². The van der Waals surface area contributed by atoms with Gasteiger partial charge in [0.25, 0.3) is 5.91 Å². The number of nitrogens with zero attached hydrogens (tertiary/aromatic N) is 1. The Kier molecular flexibility index (Phi) is 5.08. The third-order valence-corrected chi connectivity index (χ3v) is 3.31. The predicted octanol–water partition coefficient (Wildman–Crippen LogP) is 2.58. The van der Waals surface area contributed by atoms with Gasteiger partial charge in [-0.2, -0.15) is 13.9 Å². The summed E-state index contributed by atoms with van der Waals surface area (Å²) in [5.74, 6) is 0.473. The monoisotopic (exact) mass is 348 g/mol. The molecule has 1 heterocycles. The van der Waals surface area contributed by atoms with Gasteiger partial charge in [0.15, 0.2) is 11.5 Å². The zero-order valence-electron chi connectivity index (χ0n) is 12.9. The molecule has 1 aliphatic heterocycles. The number of halogens is 2. The van der Waals surface area contributed by atoms with Crippen LogP contribution in [0.25, 0.3) is 0 Å². The number of fused-ring (bicyclic) bond motifs is 1. The molecule has 1 aliphatic rings. The van der Waals surface area contributed by atoms with Crippen molar-refractivity contribution in [3.63, 3.8) is 0 Å². The molecule has 2 aromatic rings. The van der Waals surface area contributed by atoms with Crippen LogP contribution in [0.5, 0.6) is 17.2 Å². The average Bonchev–Trinajstić information content (AvgIpc) is 2.62. The first-order valence-corrected chi connectivity index (χ1v) is 7.39. The number of carbonyl (C=O) groups is 1. The van der Waals surface area contributed by atoms with Gasteiger partial charge in [-0.05, 0) is 24.3 Å². The summed E-state index contributed by atoms with van der Waals surface area (Å²) in [4.78, 5) is 12.1. The average molecular weight is 348 g/mol. The van der Waals surface area contributed by atoms with Crippen LogP contribution in [0.4, 0.5) is 8.78 Å². The number of ether oxygens (including phenoxy) is 3. The number of hydrazone groups is 1. The normalized spacial score (nSPS) is 16.0. The first-order valence-electron chi connectivity index (χ1n) is 7.39. The summed E-state index contributed by atoms with van der Waals surface area (Å²) in [6.45, 7) is -2.90. The van der Waals surface area contributed by atoms with Gasteiger partial charge >= 0.3 is 6.61 Å². The lowest BCUT2D eigenvalue weighted by Crippen LogP contribution is -2.42. The minimum Gasteiger partial charge on any atom is -0.485 e. The van der Waals surface area contributed by atoms with Crippen LogP contribution in [-0.4, -0.2) is 31.4 Å². The van der Waals surface area contributed by atoms with E-state index in [0.29, 0.717) is 17.1 Å². The number of hydrogen-bond acceptors (Lipinski definition) is 5. The molecule has 1 unspecified atom stereocenters. The van der Waals surface area contributed by atoms with E-state index in [4.69, 9.17) is 9.47 Å². The molecule has 3 rings (SSSR count). The van der Waals surface area contributed by atoms with Gasteiger partial charge in [0.05, 0.1) is 6.21 Å². The Morgan fingerprint density at radius 2 is 1.92 bits per heavy atom. The summed E-state index contributed by atoms with van der Waals surface area (Å²) >= 11 is 0. The highest BCUT2D eigenvalue weighted by Crippen LogP contribution is 2.30. The minimum absolute atomic E-state index is 0.0401. The first kappa shape index (κ1) is 16.7. The Bertz CT molecular complexity index is 783. The molecule has 8 heteroatoms. The molecule has 0 saturated carbocycles. The van der Waals surface area contributed by atoms with Crippen LogP contribution in [0.15, 0.2) is 53.6 Å². The van der Waals surface area contributed by atoms with E-state index in [2.05, 4.69) is 15.3 Å². The van der Waals surface area contributed by atoms with Gasteiger partial charge in [-0.3, -0.25) is 4.79 Å². The molecule has 6 nitrogen and oxygen atoms in total. The van der Waals surface area contributed by atoms with Crippen LogP contribution in [-0.2, 0) is 4.79 Å².